The van der Waals surface area contributed by atoms with E-state index >= 15 is 0 Å². The molecule has 130 valence electrons. The van der Waals surface area contributed by atoms with Crippen LogP contribution < -0.4 is 10.4 Å². The summed E-state index contributed by atoms with van der Waals surface area (Å²) in [5.74, 6) is 0.496. The van der Waals surface area contributed by atoms with E-state index in [0.717, 1.165) is 10.8 Å². The van der Waals surface area contributed by atoms with Gasteiger partial charge in [-0.15, -0.1) is 0 Å². The Kier molecular flexibility index (Phi) is 4.75. The Hall–Kier alpha value is -1.54. The Bertz CT molecular complexity index is 716. The molecule has 0 amide bonds. The molecule has 2 aromatic carbocycles. The van der Waals surface area contributed by atoms with Crippen molar-refractivity contribution in [2.75, 3.05) is 0 Å². The molecular formula is C22H32OSi. The maximum absolute atomic E-state index is 11.1. The number of phenolic OH excluding ortho intramolecular Hbond substituents is 1. The van der Waals surface area contributed by atoms with Crippen molar-refractivity contribution in [3.05, 3.63) is 53.6 Å². The highest BCUT2D eigenvalue weighted by Gasteiger charge is 2.33. The highest BCUT2D eigenvalue weighted by Crippen LogP contribution is 2.35. The maximum Gasteiger partial charge on any atom is 0.118 e. The molecule has 0 atom stereocenters. The molecule has 2 aromatic rings. The van der Waals surface area contributed by atoms with Crippen LogP contribution in [0.3, 0.4) is 0 Å². The smallest absolute Gasteiger partial charge is 0.118 e. The Balaban J connectivity index is 2.78. The summed E-state index contributed by atoms with van der Waals surface area (Å²) < 4.78 is 0. The number of benzene rings is 2. The van der Waals surface area contributed by atoms with Gasteiger partial charge in [0.25, 0.3) is 0 Å². The standard InChI is InChI=1S/C22H32OSi/c1-21(2,3)16-14-18(22(4,5)6)20(23)19(15-16)24(7,8)17-12-10-9-11-13-17/h9-15,23H,1-8H3. The van der Waals surface area contributed by atoms with E-state index in [1.165, 1.54) is 10.8 Å². The Morgan fingerprint density at radius 3 is 1.79 bits per heavy atom. The van der Waals surface area contributed by atoms with Gasteiger partial charge in [-0.3, -0.25) is 0 Å². The molecule has 0 aliphatic rings. The van der Waals surface area contributed by atoms with E-state index in [-0.39, 0.29) is 10.8 Å². The van der Waals surface area contributed by atoms with Crippen LogP contribution in [0.2, 0.25) is 13.1 Å². The van der Waals surface area contributed by atoms with E-state index in [9.17, 15) is 5.11 Å². The van der Waals surface area contributed by atoms with Gasteiger partial charge in [-0.1, -0.05) is 102 Å². The minimum Gasteiger partial charge on any atom is -0.508 e. The molecular weight excluding hydrogens is 308 g/mol. The van der Waals surface area contributed by atoms with Crippen molar-refractivity contribution in [3.8, 4) is 5.75 Å². The topological polar surface area (TPSA) is 20.2 Å². The zero-order valence-electron chi connectivity index (χ0n) is 16.5. The molecule has 0 unspecified atom stereocenters. The van der Waals surface area contributed by atoms with Crippen molar-refractivity contribution >= 4 is 18.4 Å². The predicted molar refractivity (Wildman–Crippen MR) is 109 cm³/mol. The second-order valence-corrected chi connectivity index (χ2v) is 13.8. The van der Waals surface area contributed by atoms with Crippen LogP contribution in [0, 0.1) is 0 Å². The molecule has 0 aliphatic heterocycles. The molecule has 0 saturated carbocycles. The molecule has 0 aliphatic carbocycles. The second kappa shape index (κ2) is 6.07. The van der Waals surface area contributed by atoms with Crippen molar-refractivity contribution in [1.29, 1.82) is 0 Å². The van der Waals surface area contributed by atoms with Crippen LogP contribution in [0.4, 0.5) is 0 Å². The summed E-state index contributed by atoms with van der Waals surface area (Å²) in [7, 11) is -1.97. The van der Waals surface area contributed by atoms with Crippen LogP contribution >= 0.6 is 0 Å². The van der Waals surface area contributed by atoms with Crippen LogP contribution in [0.1, 0.15) is 52.7 Å². The van der Waals surface area contributed by atoms with Crippen LogP contribution in [0.25, 0.3) is 0 Å². The van der Waals surface area contributed by atoms with Gasteiger partial charge in [0.05, 0.1) is 0 Å². The average Bonchev–Trinajstić information content (AvgIpc) is 2.45. The lowest BCUT2D eigenvalue weighted by Crippen LogP contribution is -2.53. The number of hydrogen-bond acceptors (Lipinski definition) is 1. The summed E-state index contributed by atoms with van der Waals surface area (Å²) in [6, 6.07) is 15.1. The van der Waals surface area contributed by atoms with Gasteiger partial charge >= 0.3 is 0 Å². The molecule has 0 radical (unpaired) electrons. The van der Waals surface area contributed by atoms with Gasteiger partial charge in [0.1, 0.15) is 13.8 Å². The molecule has 1 nitrogen and oxygen atoms in total. The number of phenols is 1. The maximum atomic E-state index is 11.1. The largest absolute Gasteiger partial charge is 0.508 e. The van der Waals surface area contributed by atoms with Gasteiger partial charge in [-0.2, -0.15) is 0 Å². The third kappa shape index (κ3) is 3.59. The van der Waals surface area contributed by atoms with E-state index in [4.69, 9.17) is 0 Å². The normalized spacial score (nSPS) is 13.2. The average molecular weight is 341 g/mol. The van der Waals surface area contributed by atoms with Gasteiger partial charge in [-0.05, 0) is 27.1 Å². The third-order valence-electron chi connectivity index (χ3n) is 4.95. The van der Waals surface area contributed by atoms with Crippen molar-refractivity contribution < 1.29 is 5.11 Å². The fourth-order valence-electron chi connectivity index (χ4n) is 3.13. The van der Waals surface area contributed by atoms with Crippen molar-refractivity contribution in [2.45, 2.75) is 65.5 Å². The Morgan fingerprint density at radius 1 is 0.792 bits per heavy atom. The molecule has 2 heteroatoms. The third-order valence-corrected chi connectivity index (χ3v) is 8.46. The van der Waals surface area contributed by atoms with Gasteiger partial charge < -0.3 is 5.11 Å². The predicted octanol–water partition coefficient (Wildman–Crippen LogP) is 4.81. The number of aromatic hydroxyl groups is 1. The monoisotopic (exact) mass is 340 g/mol. The minimum atomic E-state index is -1.97. The Morgan fingerprint density at radius 2 is 1.33 bits per heavy atom. The summed E-state index contributed by atoms with van der Waals surface area (Å²) in [4.78, 5) is 0. The zero-order chi connectivity index (χ0) is 18.3. The van der Waals surface area contributed by atoms with Gasteiger partial charge in [0.15, 0.2) is 0 Å². The molecule has 24 heavy (non-hydrogen) atoms. The summed E-state index contributed by atoms with van der Waals surface area (Å²) >= 11 is 0. The molecule has 0 spiro atoms. The molecule has 0 heterocycles. The fraction of sp³-hybridized carbons (Fsp3) is 0.455. The van der Waals surface area contributed by atoms with Crippen molar-refractivity contribution in [3.63, 3.8) is 0 Å². The summed E-state index contributed by atoms with van der Waals surface area (Å²) in [5.41, 5.74) is 2.34. The van der Waals surface area contributed by atoms with E-state index in [1.54, 1.807) is 0 Å². The lowest BCUT2D eigenvalue weighted by molar-refractivity contribution is 0.448. The van der Waals surface area contributed by atoms with Crippen LogP contribution in [0.15, 0.2) is 42.5 Å². The molecule has 0 saturated heterocycles. The molecule has 1 N–H and O–H groups in total. The molecule has 0 fully saturated rings. The molecule has 2 rings (SSSR count). The number of hydrogen-bond donors (Lipinski definition) is 1. The zero-order valence-corrected chi connectivity index (χ0v) is 17.5. The van der Waals surface area contributed by atoms with Gasteiger partial charge in [0, 0.05) is 0 Å². The highest BCUT2D eigenvalue weighted by molar-refractivity contribution is 7.01. The van der Waals surface area contributed by atoms with Crippen LogP contribution in [-0.4, -0.2) is 13.2 Å². The van der Waals surface area contributed by atoms with E-state index in [0.29, 0.717) is 5.75 Å². The summed E-state index contributed by atoms with van der Waals surface area (Å²) in [5, 5.41) is 13.6. The van der Waals surface area contributed by atoms with Crippen LogP contribution in [0.5, 0.6) is 5.75 Å². The number of rotatable bonds is 2. The first-order valence-electron chi connectivity index (χ1n) is 8.79. The minimum absolute atomic E-state index is 0.0591. The SMILES string of the molecule is CC(C)(C)c1cc(C(C)(C)C)c(O)c([Si](C)(C)c2ccccc2)c1. The van der Waals surface area contributed by atoms with Crippen molar-refractivity contribution in [2.24, 2.45) is 0 Å². The van der Waals surface area contributed by atoms with Gasteiger partial charge in [-0.25, -0.2) is 0 Å². The molecule has 0 bridgehead atoms. The highest BCUT2D eigenvalue weighted by atomic mass is 28.3. The molecule has 0 aromatic heterocycles. The lowest BCUT2D eigenvalue weighted by Gasteiger charge is -2.32. The van der Waals surface area contributed by atoms with Crippen LogP contribution in [-0.2, 0) is 10.8 Å². The fourth-order valence-corrected chi connectivity index (χ4v) is 5.71. The Labute approximate surface area is 148 Å². The van der Waals surface area contributed by atoms with E-state index in [1.807, 2.05) is 0 Å². The summed E-state index contributed by atoms with van der Waals surface area (Å²) in [6.07, 6.45) is 0. The second-order valence-electron chi connectivity index (χ2n) is 9.41. The van der Waals surface area contributed by atoms with E-state index < -0.39 is 8.07 Å². The first-order valence-corrected chi connectivity index (χ1v) is 11.8. The van der Waals surface area contributed by atoms with E-state index in [2.05, 4.69) is 97.1 Å². The first-order chi connectivity index (χ1) is 10.8. The quantitative estimate of drug-likeness (QED) is 0.778. The van der Waals surface area contributed by atoms with Gasteiger partial charge in [0.2, 0.25) is 0 Å². The first kappa shape index (κ1) is 18.8. The summed E-state index contributed by atoms with van der Waals surface area (Å²) in [6.45, 7) is 17.9. The van der Waals surface area contributed by atoms with Crippen molar-refractivity contribution in [1.82, 2.24) is 0 Å². The lowest BCUT2D eigenvalue weighted by atomic mass is 9.80.